The number of aromatic nitrogens is 2. The lowest BCUT2D eigenvalue weighted by molar-refractivity contribution is 0.815. The van der Waals surface area contributed by atoms with Crippen LogP contribution in [0.5, 0.6) is 0 Å². The monoisotopic (exact) mass is 226 g/mol. The van der Waals surface area contributed by atoms with Crippen LogP contribution in [0.3, 0.4) is 0 Å². The Labute approximate surface area is 92.3 Å². The summed E-state index contributed by atoms with van der Waals surface area (Å²) in [4.78, 5) is 4.50. The summed E-state index contributed by atoms with van der Waals surface area (Å²) in [5, 5.41) is 1.79. The minimum atomic E-state index is 0.739. The van der Waals surface area contributed by atoms with Crippen molar-refractivity contribution in [2.24, 2.45) is 7.05 Å². The molecule has 2 aromatic rings. The molecule has 1 heterocycles. The number of rotatable bonds is 2. The van der Waals surface area contributed by atoms with E-state index >= 15 is 0 Å². The average molecular weight is 227 g/mol. The molecule has 2 nitrogen and oxygen atoms in total. The zero-order chi connectivity index (χ0) is 10.1. The van der Waals surface area contributed by atoms with Gasteiger partial charge in [0.1, 0.15) is 0 Å². The van der Waals surface area contributed by atoms with Gasteiger partial charge in [0, 0.05) is 12.1 Å². The van der Waals surface area contributed by atoms with Crippen LogP contribution in [0.25, 0.3) is 11.0 Å². The maximum atomic E-state index is 5.90. The summed E-state index contributed by atoms with van der Waals surface area (Å²) < 4.78 is 2.10. The number of fused-ring (bicyclic) bond motifs is 1. The quantitative estimate of drug-likeness (QED) is 0.731. The van der Waals surface area contributed by atoms with Gasteiger partial charge in [0.15, 0.2) is 5.16 Å². The van der Waals surface area contributed by atoms with Crippen molar-refractivity contribution >= 4 is 34.4 Å². The van der Waals surface area contributed by atoms with E-state index in [-0.39, 0.29) is 0 Å². The third-order valence-electron chi connectivity index (χ3n) is 2.08. The Hall–Kier alpha value is -0.670. The van der Waals surface area contributed by atoms with Crippen LogP contribution in [0.4, 0.5) is 0 Å². The fraction of sp³-hybridized carbons (Fsp3) is 0.300. The van der Waals surface area contributed by atoms with Crippen LogP contribution in [0.2, 0.25) is 5.02 Å². The first-order valence-corrected chi connectivity index (χ1v) is 5.83. The standard InChI is InChI=1S/C10H11ClN2S/c1-3-14-10-12-8-6-7(11)4-5-9(8)13(10)2/h4-6H,3H2,1-2H3. The van der Waals surface area contributed by atoms with E-state index in [1.165, 1.54) is 0 Å². The molecule has 0 aliphatic rings. The van der Waals surface area contributed by atoms with Gasteiger partial charge >= 0.3 is 0 Å². The van der Waals surface area contributed by atoms with Gasteiger partial charge in [0.25, 0.3) is 0 Å². The summed E-state index contributed by atoms with van der Waals surface area (Å²) in [5.41, 5.74) is 2.10. The molecule has 0 N–H and O–H groups in total. The normalized spacial score (nSPS) is 11.1. The van der Waals surface area contributed by atoms with Crippen molar-refractivity contribution in [1.29, 1.82) is 0 Å². The molecule has 14 heavy (non-hydrogen) atoms. The Morgan fingerprint density at radius 2 is 2.29 bits per heavy atom. The highest BCUT2D eigenvalue weighted by Crippen LogP contribution is 2.24. The summed E-state index contributed by atoms with van der Waals surface area (Å²) in [7, 11) is 2.03. The van der Waals surface area contributed by atoms with Gasteiger partial charge in [0.05, 0.1) is 11.0 Å². The lowest BCUT2D eigenvalue weighted by Crippen LogP contribution is -1.89. The Balaban J connectivity index is 2.61. The third kappa shape index (κ3) is 1.62. The van der Waals surface area contributed by atoms with E-state index < -0.39 is 0 Å². The van der Waals surface area contributed by atoms with Crippen molar-refractivity contribution in [1.82, 2.24) is 9.55 Å². The number of benzene rings is 1. The molecule has 0 amide bonds. The molecule has 0 fully saturated rings. The minimum Gasteiger partial charge on any atom is -0.322 e. The van der Waals surface area contributed by atoms with Crippen molar-refractivity contribution in [2.75, 3.05) is 5.75 Å². The first-order chi connectivity index (χ1) is 6.72. The van der Waals surface area contributed by atoms with Gasteiger partial charge in [-0.15, -0.1) is 0 Å². The minimum absolute atomic E-state index is 0.739. The zero-order valence-electron chi connectivity index (χ0n) is 8.12. The van der Waals surface area contributed by atoms with Crippen LogP contribution in [-0.2, 0) is 7.05 Å². The second-order valence-electron chi connectivity index (χ2n) is 3.02. The van der Waals surface area contributed by atoms with Crippen LogP contribution in [0, 0.1) is 0 Å². The molecule has 0 aliphatic carbocycles. The van der Waals surface area contributed by atoms with Gasteiger partial charge in [-0.05, 0) is 24.0 Å². The summed E-state index contributed by atoms with van der Waals surface area (Å²) in [6.45, 7) is 2.12. The highest BCUT2D eigenvalue weighted by atomic mass is 35.5. The van der Waals surface area contributed by atoms with Crippen molar-refractivity contribution in [3.8, 4) is 0 Å². The molecule has 0 atom stereocenters. The maximum absolute atomic E-state index is 5.90. The number of nitrogens with zero attached hydrogens (tertiary/aromatic N) is 2. The van der Waals surface area contributed by atoms with E-state index in [0.717, 1.165) is 27.0 Å². The Bertz CT molecular complexity index is 464. The smallest absolute Gasteiger partial charge is 0.168 e. The van der Waals surface area contributed by atoms with Gasteiger partial charge in [0.2, 0.25) is 0 Å². The SMILES string of the molecule is CCSc1nc2cc(Cl)ccc2n1C. The Kier molecular flexibility index (Phi) is 2.70. The van der Waals surface area contributed by atoms with Gasteiger partial charge in [-0.2, -0.15) is 0 Å². The topological polar surface area (TPSA) is 17.8 Å². The first kappa shape index (κ1) is 9.87. The number of thioether (sulfide) groups is 1. The van der Waals surface area contributed by atoms with Crippen LogP contribution in [-0.4, -0.2) is 15.3 Å². The summed E-state index contributed by atoms with van der Waals surface area (Å²) in [6.07, 6.45) is 0. The molecule has 0 radical (unpaired) electrons. The van der Waals surface area contributed by atoms with E-state index in [2.05, 4.69) is 16.5 Å². The predicted molar refractivity (Wildman–Crippen MR) is 62.1 cm³/mol. The zero-order valence-corrected chi connectivity index (χ0v) is 9.69. The lowest BCUT2D eigenvalue weighted by atomic mass is 10.3. The fourth-order valence-electron chi connectivity index (χ4n) is 1.41. The molecular formula is C10H11ClN2S. The molecule has 2 rings (SSSR count). The number of imidazole rings is 1. The molecule has 0 bridgehead atoms. The molecule has 0 aliphatic heterocycles. The third-order valence-corrected chi connectivity index (χ3v) is 3.22. The van der Waals surface area contributed by atoms with E-state index in [1.54, 1.807) is 11.8 Å². The Morgan fingerprint density at radius 3 is 3.00 bits per heavy atom. The molecule has 4 heteroatoms. The van der Waals surface area contributed by atoms with Crippen molar-refractivity contribution < 1.29 is 0 Å². The number of halogens is 1. The molecule has 1 aromatic heterocycles. The molecular weight excluding hydrogens is 216 g/mol. The van der Waals surface area contributed by atoms with Crippen LogP contribution in [0.1, 0.15) is 6.92 Å². The van der Waals surface area contributed by atoms with Gasteiger partial charge < -0.3 is 4.57 Å². The van der Waals surface area contributed by atoms with Crippen LogP contribution >= 0.6 is 23.4 Å². The largest absolute Gasteiger partial charge is 0.322 e. The molecule has 0 unspecified atom stereocenters. The first-order valence-electron chi connectivity index (χ1n) is 4.47. The summed E-state index contributed by atoms with van der Waals surface area (Å²) in [6, 6.07) is 5.80. The molecule has 0 spiro atoms. The predicted octanol–water partition coefficient (Wildman–Crippen LogP) is 3.34. The highest BCUT2D eigenvalue weighted by Gasteiger charge is 2.06. The second-order valence-corrected chi connectivity index (χ2v) is 4.69. The number of aryl methyl sites for hydroxylation is 1. The highest BCUT2D eigenvalue weighted by molar-refractivity contribution is 7.99. The Morgan fingerprint density at radius 1 is 1.50 bits per heavy atom. The van der Waals surface area contributed by atoms with E-state index in [1.807, 2.05) is 25.2 Å². The van der Waals surface area contributed by atoms with Crippen molar-refractivity contribution in [3.05, 3.63) is 23.2 Å². The fourth-order valence-corrected chi connectivity index (χ4v) is 2.29. The summed E-state index contributed by atoms with van der Waals surface area (Å²) in [5.74, 6) is 1.03. The molecule has 0 saturated carbocycles. The van der Waals surface area contributed by atoms with Crippen LogP contribution in [0.15, 0.2) is 23.4 Å². The average Bonchev–Trinajstić information content (AvgIpc) is 2.44. The summed E-state index contributed by atoms with van der Waals surface area (Å²) >= 11 is 7.64. The van der Waals surface area contributed by atoms with E-state index in [0.29, 0.717) is 0 Å². The van der Waals surface area contributed by atoms with Gasteiger partial charge in [-0.3, -0.25) is 0 Å². The maximum Gasteiger partial charge on any atom is 0.168 e. The van der Waals surface area contributed by atoms with Crippen LogP contribution < -0.4 is 0 Å². The molecule has 74 valence electrons. The van der Waals surface area contributed by atoms with Crippen molar-refractivity contribution in [3.63, 3.8) is 0 Å². The lowest BCUT2D eigenvalue weighted by Gasteiger charge is -1.98. The van der Waals surface area contributed by atoms with E-state index in [4.69, 9.17) is 11.6 Å². The number of hydrogen-bond donors (Lipinski definition) is 0. The van der Waals surface area contributed by atoms with Gasteiger partial charge in [-0.25, -0.2) is 4.98 Å². The molecule has 0 saturated heterocycles. The van der Waals surface area contributed by atoms with Gasteiger partial charge in [-0.1, -0.05) is 30.3 Å². The molecule has 1 aromatic carbocycles. The number of hydrogen-bond acceptors (Lipinski definition) is 2. The van der Waals surface area contributed by atoms with Crippen molar-refractivity contribution in [2.45, 2.75) is 12.1 Å². The second kappa shape index (κ2) is 3.83. The van der Waals surface area contributed by atoms with E-state index in [9.17, 15) is 0 Å².